The summed E-state index contributed by atoms with van der Waals surface area (Å²) in [4.78, 5) is 15.2. The summed E-state index contributed by atoms with van der Waals surface area (Å²) in [6.45, 7) is 0. The van der Waals surface area contributed by atoms with Crippen LogP contribution in [0.5, 0.6) is 0 Å². The van der Waals surface area contributed by atoms with Gasteiger partial charge in [-0.3, -0.25) is 9.78 Å². The number of hydrogen-bond acceptors (Lipinski definition) is 2. The second-order valence-electron chi connectivity index (χ2n) is 7.19. The Kier molecular flexibility index (Phi) is 3.55. The highest BCUT2D eigenvalue weighted by atomic mass is 19.1. The van der Waals surface area contributed by atoms with Crippen molar-refractivity contribution in [2.75, 3.05) is 0 Å². The molecule has 0 aliphatic heterocycles. The maximum absolute atomic E-state index is 13.6. The molecule has 0 saturated heterocycles. The van der Waals surface area contributed by atoms with Gasteiger partial charge in [-0.2, -0.15) is 0 Å². The van der Waals surface area contributed by atoms with E-state index in [2.05, 4.69) is 4.98 Å². The van der Waals surface area contributed by atoms with Crippen molar-refractivity contribution in [3.63, 3.8) is 0 Å². The molecule has 3 nitrogen and oxygen atoms in total. The fourth-order valence-corrected chi connectivity index (χ4v) is 4.91. The highest BCUT2D eigenvalue weighted by molar-refractivity contribution is 5.82. The van der Waals surface area contributed by atoms with Crippen molar-refractivity contribution in [2.45, 2.75) is 38.0 Å². The van der Waals surface area contributed by atoms with Gasteiger partial charge in [-0.15, -0.1) is 0 Å². The van der Waals surface area contributed by atoms with E-state index in [9.17, 15) is 9.18 Å². The van der Waals surface area contributed by atoms with E-state index in [-0.39, 0.29) is 5.82 Å². The van der Waals surface area contributed by atoms with E-state index in [1.165, 1.54) is 11.6 Å². The molecule has 2 saturated carbocycles. The zero-order valence-corrected chi connectivity index (χ0v) is 12.9. The van der Waals surface area contributed by atoms with E-state index in [4.69, 9.17) is 5.11 Å². The van der Waals surface area contributed by atoms with E-state index in [1.54, 1.807) is 12.1 Å². The molecule has 2 aromatic rings. The summed E-state index contributed by atoms with van der Waals surface area (Å²) >= 11 is 0. The standard InChI is InChI=1S/C19H20FNO2/c20-15-1-2-18-17(10-15)16(3-4-21-18)14-8-12-5-11(7-19(22)23)6-13(12)9-14/h1-4,10-14H,5-9H2,(H,22,23)/t11-,12-,13?,14+/m1/s1. The Morgan fingerprint density at radius 3 is 2.61 bits per heavy atom. The van der Waals surface area contributed by atoms with Gasteiger partial charge < -0.3 is 5.11 Å². The summed E-state index contributed by atoms with van der Waals surface area (Å²) < 4.78 is 13.6. The molecule has 1 aromatic heterocycles. The molecule has 2 aliphatic carbocycles. The Morgan fingerprint density at radius 2 is 1.91 bits per heavy atom. The molecule has 4 heteroatoms. The minimum Gasteiger partial charge on any atom is -0.481 e. The maximum Gasteiger partial charge on any atom is 0.303 e. The number of hydrogen-bond donors (Lipinski definition) is 1. The van der Waals surface area contributed by atoms with Gasteiger partial charge in [0.25, 0.3) is 0 Å². The predicted octanol–water partition coefficient (Wildman–Crippen LogP) is 4.37. The van der Waals surface area contributed by atoms with Crippen molar-refractivity contribution >= 4 is 16.9 Å². The quantitative estimate of drug-likeness (QED) is 0.915. The van der Waals surface area contributed by atoms with Gasteiger partial charge >= 0.3 is 5.97 Å². The first-order valence-electron chi connectivity index (χ1n) is 8.36. The Bertz CT molecular complexity index is 746. The van der Waals surface area contributed by atoms with E-state index in [0.717, 1.165) is 36.6 Å². The summed E-state index contributed by atoms with van der Waals surface area (Å²) in [5, 5.41) is 9.90. The molecule has 2 fully saturated rings. The fourth-order valence-electron chi connectivity index (χ4n) is 4.91. The second kappa shape index (κ2) is 5.59. The monoisotopic (exact) mass is 313 g/mol. The van der Waals surface area contributed by atoms with Crippen LogP contribution in [0.25, 0.3) is 10.9 Å². The number of benzene rings is 1. The molecule has 0 amide bonds. The molecule has 4 atom stereocenters. The van der Waals surface area contributed by atoms with Crippen LogP contribution in [0.2, 0.25) is 0 Å². The zero-order chi connectivity index (χ0) is 16.0. The van der Waals surface area contributed by atoms with Crippen LogP contribution in [-0.2, 0) is 4.79 Å². The highest BCUT2D eigenvalue weighted by Crippen LogP contribution is 2.53. The maximum atomic E-state index is 13.6. The molecule has 1 aromatic carbocycles. The molecule has 1 unspecified atom stereocenters. The first-order valence-corrected chi connectivity index (χ1v) is 8.36. The number of carbonyl (C=O) groups is 1. The lowest BCUT2D eigenvalue weighted by Gasteiger charge is -2.16. The third-order valence-electron chi connectivity index (χ3n) is 5.75. The van der Waals surface area contributed by atoms with Gasteiger partial charge in [-0.05, 0) is 79.2 Å². The molecular weight excluding hydrogens is 293 g/mol. The molecule has 4 rings (SSSR count). The van der Waals surface area contributed by atoms with E-state index >= 15 is 0 Å². The van der Waals surface area contributed by atoms with Crippen molar-refractivity contribution in [1.29, 1.82) is 0 Å². The van der Waals surface area contributed by atoms with E-state index in [0.29, 0.717) is 30.1 Å². The van der Waals surface area contributed by atoms with Gasteiger partial charge in [0.05, 0.1) is 5.52 Å². The average Bonchev–Trinajstić information content (AvgIpc) is 3.04. The summed E-state index contributed by atoms with van der Waals surface area (Å²) in [6.07, 6.45) is 6.38. The van der Waals surface area contributed by atoms with Crippen molar-refractivity contribution < 1.29 is 14.3 Å². The first kappa shape index (κ1) is 14.6. The van der Waals surface area contributed by atoms with Crippen LogP contribution in [0.1, 0.15) is 43.6 Å². The lowest BCUT2D eigenvalue weighted by molar-refractivity contribution is -0.138. The summed E-state index contributed by atoms with van der Waals surface area (Å²) in [6, 6.07) is 6.83. The van der Waals surface area contributed by atoms with Gasteiger partial charge in [0.15, 0.2) is 0 Å². The van der Waals surface area contributed by atoms with Crippen LogP contribution in [0.3, 0.4) is 0 Å². The lowest BCUT2D eigenvalue weighted by Crippen LogP contribution is -2.06. The number of fused-ring (bicyclic) bond motifs is 2. The summed E-state index contributed by atoms with van der Waals surface area (Å²) in [5.41, 5.74) is 2.06. The molecule has 0 radical (unpaired) electrons. The number of carboxylic acid groups (broad SMARTS) is 1. The second-order valence-corrected chi connectivity index (χ2v) is 7.19. The van der Waals surface area contributed by atoms with Crippen molar-refractivity contribution in [2.24, 2.45) is 17.8 Å². The number of rotatable bonds is 3. The number of aliphatic carboxylic acids is 1. The van der Waals surface area contributed by atoms with Crippen molar-refractivity contribution in [3.8, 4) is 0 Å². The van der Waals surface area contributed by atoms with Crippen LogP contribution in [0.15, 0.2) is 30.5 Å². The van der Waals surface area contributed by atoms with Gasteiger partial charge in [0, 0.05) is 18.0 Å². The van der Waals surface area contributed by atoms with Crippen LogP contribution in [0, 0.1) is 23.6 Å². The predicted molar refractivity (Wildman–Crippen MR) is 85.6 cm³/mol. The number of halogens is 1. The van der Waals surface area contributed by atoms with Crippen LogP contribution >= 0.6 is 0 Å². The Hall–Kier alpha value is -1.97. The summed E-state index contributed by atoms with van der Waals surface area (Å²) in [7, 11) is 0. The largest absolute Gasteiger partial charge is 0.481 e. The zero-order valence-electron chi connectivity index (χ0n) is 12.9. The molecule has 1 N–H and O–H groups in total. The number of nitrogens with zero attached hydrogens (tertiary/aromatic N) is 1. The third kappa shape index (κ3) is 2.71. The van der Waals surface area contributed by atoms with E-state index in [1.807, 2.05) is 12.3 Å². The minimum absolute atomic E-state index is 0.216. The van der Waals surface area contributed by atoms with Crippen LogP contribution < -0.4 is 0 Å². The van der Waals surface area contributed by atoms with Gasteiger partial charge in [-0.1, -0.05) is 0 Å². The Morgan fingerprint density at radius 1 is 1.17 bits per heavy atom. The van der Waals surface area contributed by atoms with Gasteiger partial charge in [-0.25, -0.2) is 4.39 Å². The molecule has 0 spiro atoms. The Balaban J connectivity index is 1.56. The van der Waals surface area contributed by atoms with Crippen molar-refractivity contribution in [3.05, 3.63) is 41.8 Å². The molecular formula is C19H20FNO2. The molecule has 2 aliphatic rings. The molecule has 0 bridgehead atoms. The number of pyridine rings is 1. The average molecular weight is 313 g/mol. The third-order valence-corrected chi connectivity index (χ3v) is 5.75. The molecule has 23 heavy (non-hydrogen) atoms. The lowest BCUT2D eigenvalue weighted by atomic mass is 9.90. The molecule has 120 valence electrons. The summed E-state index contributed by atoms with van der Waals surface area (Å²) in [5.74, 6) is 1.15. The number of carboxylic acids is 1. The van der Waals surface area contributed by atoms with Crippen LogP contribution in [-0.4, -0.2) is 16.1 Å². The smallest absolute Gasteiger partial charge is 0.303 e. The van der Waals surface area contributed by atoms with Gasteiger partial charge in [0.2, 0.25) is 0 Å². The SMILES string of the molecule is O=C(O)C[C@H]1CC2C[C@@H](c3ccnc4ccc(F)cc34)C[C@H]2C1. The normalized spacial score (nSPS) is 29.8. The van der Waals surface area contributed by atoms with Crippen molar-refractivity contribution in [1.82, 2.24) is 4.98 Å². The first-order chi connectivity index (χ1) is 11.1. The van der Waals surface area contributed by atoms with Gasteiger partial charge in [0.1, 0.15) is 5.82 Å². The fraction of sp³-hybridized carbons (Fsp3) is 0.474. The van der Waals surface area contributed by atoms with Crippen LogP contribution in [0.4, 0.5) is 4.39 Å². The highest BCUT2D eigenvalue weighted by Gasteiger charge is 2.42. The molecule has 1 heterocycles. The minimum atomic E-state index is -0.679. The van der Waals surface area contributed by atoms with E-state index < -0.39 is 5.97 Å². The number of aromatic nitrogens is 1. The topological polar surface area (TPSA) is 50.2 Å². The Labute approximate surface area is 134 Å².